The van der Waals surface area contributed by atoms with Crippen LogP contribution in [-0.4, -0.2) is 23.7 Å². The van der Waals surface area contributed by atoms with Crippen LogP contribution >= 0.6 is 0 Å². The molecule has 31 heavy (non-hydrogen) atoms. The Morgan fingerprint density at radius 3 is 1.55 bits per heavy atom. The molecule has 0 bridgehead atoms. The smallest absolute Gasteiger partial charge is 0.320 e. The van der Waals surface area contributed by atoms with Gasteiger partial charge in [-0.2, -0.15) is 0 Å². The van der Waals surface area contributed by atoms with E-state index in [0.717, 1.165) is 19.4 Å². The van der Waals surface area contributed by atoms with E-state index < -0.39 is 5.97 Å². The standard InChI is InChI=1S/C28H55NO2/c1-4-6-7-8-9-10-11-12-13-14-15-16-17-18-19-20-21-22-23-24-25-29-27(28(30)31)26(3)5-2/h12-13,26-27,29H,4-11,14-25H2,1-3H3,(H,30,31)/b13-12+/t26-,27-/m0/s1. The molecule has 3 nitrogen and oxygen atoms in total. The van der Waals surface area contributed by atoms with Crippen LogP contribution in [0.3, 0.4) is 0 Å². The molecule has 0 aliphatic rings. The number of allylic oxidation sites excluding steroid dienone is 2. The summed E-state index contributed by atoms with van der Waals surface area (Å²) in [6, 6.07) is -0.388. The van der Waals surface area contributed by atoms with Gasteiger partial charge < -0.3 is 10.4 Å². The molecule has 0 aliphatic heterocycles. The molecule has 0 aromatic heterocycles. The highest BCUT2D eigenvalue weighted by Gasteiger charge is 2.21. The number of carboxylic acid groups (broad SMARTS) is 1. The lowest BCUT2D eigenvalue weighted by atomic mass is 9.99. The zero-order chi connectivity index (χ0) is 23.0. The van der Waals surface area contributed by atoms with Crippen molar-refractivity contribution in [1.29, 1.82) is 0 Å². The Labute approximate surface area is 194 Å². The SMILES string of the molecule is CCCCCCCC/C=C/CCCCCCCCCCCCN[C@H](C(=O)O)[C@@H](C)CC. The maximum absolute atomic E-state index is 11.3. The van der Waals surface area contributed by atoms with E-state index >= 15 is 0 Å². The number of nitrogens with one attached hydrogen (secondary N) is 1. The Kier molecular flexibility index (Phi) is 23.2. The van der Waals surface area contributed by atoms with Gasteiger partial charge in [0.2, 0.25) is 0 Å². The summed E-state index contributed by atoms with van der Waals surface area (Å²) in [6.07, 6.45) is 29.8. The molecule has 2 N–H and O–H groups in total. The minimum Gasteiger partial charge on any atom is -0.480 e. The molecule has 0 amide bonds. The van der Waals surface area contributed by atoms with Crippen LogP contribution in [0.25, 0.3) is 0 Å². The Balaban J connectivity index is 3.28. The molecular formula is C28H55NO2. The highest BCUT2D eigenvalue weighted by Crippen LogP contribution is 2.13. The first-order valence-corrected chi connectivity index (χ1v) is 13.7. The number of carbonyl (C=O) groups is 1. The van der Waals surface area contributed by atoms with Crippen LogP contribution < -0.4 is 5.32 Å². The molecule has 0 unspecified atom stereocenters. The predicted octanol–water partition coefficient (Wildman–Crippen LogP) is 8.67. The molecule has 0 radical (unpaired) electrons. The monoisotopic (exact) mass is 437 g/mol. The average Bonchev–Trinajstić information content (AvgIpc) is 2.76. The van der Waals surface area contributed by atoms with Crippen molar-refractivity contribution in [2.24, 2.45) is 5.92 Å². The van der Waals surface area contributed by atoms with Gasteiger partial charge in [0, 0.05) is 0 Å². The number of aliphatic carboxylic acids is 1. The number of hydrogen-bond donors (Lipinski definition) is 2. The van der Waals surface area contributed by atoms with E-state index in [1.807, 2.05) is 6.92 Å². The third kappa shape index (κ3) is 20.8. The van der Waals surface area contributed by atoms with Gasteiger partial charge in [-0.1, -0.05) is 123 Å². The van der Waals surface area contributed by atoms with Crippen LogP contribution in [0.5, 0.6) is 0 Å². The first-order chi connectivity index (χ1) is 15.1. The van der Waals surface area contributed by atoms with E-state index in [2.05, 4.69) is 31.3 Å². The second kappa shape index (κ2) is 23.8. The van der Waals surface area contributed by atoms with Gasteiger partial charge in [-0.25, -0.2) is 0 Å². The summed E-state index contributed by atoms with van der Waals surface area (Å²) in [5.41, 5.74) is 0. The summed E-state index contributed by atoms with van der Waals surface area (Å²) in [5, 5.41) is 12.5. The van der Waals surface area contributed by atoms with E-state index in [-0.39, 0.29) is 12.0 Å². The molecule has 0 aliphatic carbocycles. The van der Waals surface area contributed by atoms with Gasteiger partial charge in [-0.3, -0.25) is 4.79 Å². The van der Waals surface area contributed by atoms with Crippen LogP contribution in [-0.2, 0) is 4.79 Å². The van der Waals surface area contributed by atoms with Gasteiger partial charge in [0.25, 0.3) is 0 Å². The second-order valence-corrected chi connectivity index (χ2v) is 9.51. The van der Waals surface area contributed by atoms with Gasteiger partial charge in [0.15, 0.2) is 0 Å². The molecule has 0 saturated carbocycles. The van der Waals surface area contributed by atoms with Gasteiger partial charge in [0.1, 0.15) is 6.04 Å². The molecule has 0 aromatic rings. The quantitative estimate of drug-likeness (QED) is 0.117. The van der Waals surface area contributed by atoms with Crippen molar-refractivity contribution in [3.63, 3.8) is 0 Å². The second-order valence-electron chi connectivity index (χ2n) is 9.51. The molecule has 0 fully saturated rings. The van der Waals surface area contributed by atoms with Crippen molar-refractivity contribution in [2.45, 2.75) is 149 Å². The van der Waals surface area contributed by atoms with Gasteiger partial charge >= 0.3 is 5.97 Å². The summed E-state index contributed by atoms with van der Waals surface area (Å²) in [4.78, 5) is 11.3. The highest BCUT2D eigenvalue weighted by molar-refractivity contribution is 5.73. The predicted molar refractivity (Wildman–Crippen MR) is 137 cm³/mol. The van der Waals surface area contributed by atoms with Crippen LogP contribution in [0.15, 0.2) is 12.2 Å². The molecule has 184 valence electrons. The molecule has 3 heteroatoms. The highest BCUT2D eigenvalue weighted by atomic mass is 16.4. The maximum atomic E-state index is 11.3. The van der Waals surface area contributed by atoms with Crippen LogP contribution in [0.2, 0.25) is 0 Å². The first kappa shape index (κ1) is 30.2. The molecule has 0 spiro atoms. The molecule has 0 saturated heterocycles. The largest absolute Gasteiger partial charge is 0.480 e. The Morgan fingerprint density at radius 1 is 0.710 bits per heavy atom. The minimum atomic E-state index is -0.710. The van der Waals surface area contributed by atoms with Crippen LogP contribution in [0, 0.1) is 5.92 Å². The van der Waals surface area contributed by atoms with Crippen LogP contribution in [0.4, 0.5) is 0 Å². The van der Waals surface area contributed by atoms with E-state index in [9.17, 15) is 9.90 Å². The normalized spacial score (nSPS) is 13.6. The summed E-state index contributed by atoms with van der Waals surface area (Å²) in [6.45, 7) is 7.17. The molecular weight excluding hydrogens is 382 g/mol. The minimum absolute atomic E-state index is 0.193. The third-order valence-corrected chi connectivity index (χ3v) is 6.53. The fourth-order valence-electron chi connectivity index (χ4n) is 4.10. The lowest BCUT2D eigenvalue weighted by Crippen LogP contribution is -2.42. The maximum Gasteiger partial charge on any atom is 0.320 e. The van der Waals surface area contributed by atoms with Gasteiger partial charge in [0.05, 0.1) is 0 Å². The van der Waals surface area contributed by atoms with Crippen molar-refractivity contribution in [1.82, 2.24) is 5.32 Å². The summed E-state index contributed by atoms with van der Waals surface area (Å²) >= 11 is 0. The fourth-order valence-corrected chi connectivity index (χ4v) is 4.10. The zero-order valence-electron chi connectivity index (χ0n) is 21.3. The Hall–Kier alpha value is -0.830. The van der Waals surface area contributed by atoms with E-state index in [0.29, 0.717) is 0 Å². The Bertz CT molecular complexity index is 408. The molecule has 0 rings (SSSR count). The summed E-state index contributed by atoms with van der Waals surface area (Å²) in [7, 11) is 0. The van der Waals surface area contributed by atoms with E-state index in [4.69, 9.17) is 0 Å². The van der Waals surface area contributed by atoms with Gasteiger partial charge in [-0.05, 0) is 44.6 Å². The van der Waals surface area contributed by atoms with Gasteiger partial charge in [-0.15, -0.1) is 0 Å². The lowest BCUT2D eigenvalue weighted by molar-refractivity contribution is -0.140. The first-order valence-electron chi connectivity index (χ1n) is 13.7. The molecule has 0 heterocycles. The molecule has 2 atom stereocenters. The van der Waals surface area contributed by atoms with Crippen molar-refractivity contribution in [2.75, 3.05) is 6.54 Å². The van der Waals surface area contributed by atoms with E-state index in [1.54, 1.807) is 0 Å². The number of unbranched alkanes of at least 4 members (excludes halogenated alkanes) is 16. The third-order valence-electron chi connectivity index (χ3n) is 6.53. The number of carboxylic acids is 1. The van der Waals surface area contributed by atoms with Crippen molar-refractivity contribution in [3.05, 3.63) is 12.2 Å². The Morgan fingerprint density at radius 2 is 1.13 bits per heavy atom. The zero-order valence-corrected chi connectivity index (χ0v) is 21.3. The summed E-state index contributed by atoms with van der Waals surface area (Å²) < 4.78 is 0. The van der Waals surface area contributed by atoms with Crippen molar-refractivity contribution in [3.8, 4) is 0 Å². The molecule has 0 aromatic carbocycles. The average molecular weight is 438 g/mol. The lowest BCUT2D eigenvalue weighted by Gasteiger charge is -2.20. The van der Waals surface area contributed by atoms with Crippen molar-refractivity contribution < 1.29 is 9.90 Å². The van der Waals surface area contributed by atoms with E-state index in [1.165, 1.54) is 109 Å². The van der Waals surface area contributed by atoms with Crippen molar-refractivity contribution >= 4 is 5.97 Å². The number of hydrogen-bond acceptors (Lipinski definition) is 2. The fraction of sp³-hybridized carbons (Fsp3) is 0.893. The summed E-state index contributed by atoms with van der Waals surface area (Å²) in [5.74, 6) is -0.517. The number of rotatable bonds is 24. The van der Waals surface area contributed by atoms with Crippen LogP contribution in [0.1, 0.15) is 143 Å². The topological polar surface area (TPSA) is 49.3 Å².